The highest BCUT2D eigenvalue weighted by Gasteiger charge is 2.44. The molecule has 0 unspecified atom stereocenters. The summed E-state index contributed by atoms with van der Waals surface area (Å²) in [5.41, 5.74) is 0.152. The predicted molar refractivity (Wildman–Crippen MR) is 93.0 cm³/mol. The van der Waals surface area contributed by atoms with E-state index in [4.69, 9.17) is 4.74 Å². The van der Waals surface area contributed by atoms with Gasteiger partial charge in [-0.2, -0.15) is 0 Å². The Morgan fingerprint density at radius 2 is 1.50 bits per heavy atom. The van der Waals surface area contributed by atoms with E-state index < -0.39 is 0 Å². The van der Waals surface area contributed by atoms with E-state index in [2.05, 4.69) is 46.6 Å². The Bertz CT molecular complexity index is 331. The number of hydrogen-bond donors (Lipinski definition) is 0. The van der Waals surface area contributed by atoms with Gasteiger partial charge in [0, 0.05) is 30.3 Å². The van der Waals surface area contributed by atoms with Gasteiger partial charge in [-0.1, -0.05) is 39.0 Å². The molecule has 0 aliphatic carbocycles. The molecular formula is C19H37NO2. The first-order valence-corrected chi connectivity index (χ1v) is 9.12. The Hall–Kier alpha value is -0.570. The number of esters is 1. The average Bonchev–Trinajstić information content (AvgIpc) is 2.39. The molecule has 0 spiro atoms. The molecule has 0 radical (unpaired) electrons. The van der Waals surface area contributed by atoms with Crippen molar-refractivity contribution in [3.05, 3.63) is 0 Å². The number of carbonyl (C=O) groups is 1. The summed E-state index contributed by atoms with van der Waals surface area (Å²) in [6.45, 7) is 11.2. The van der Waals surface area contributed by atoms with Crippen molar-refractivity contribution >= 4 is 5.97 Å². The van der Waals surface area contributed by atoms with Gasteiger partial charge in [0.2, 0.25) is 0 Å². The van der Waals surface area contributed by atoms with Gasteiger partial charge in [0.05, 0.1) is 0 Å². The predicted octanol–water partition coefficient (Wildman–Crippen LogP) is 4.93. The lowest BCUT2D eigenvalue weighted by molar-refractivity contribution is -0.159. The second kappa shape index (κ2) is 8.33. The van der Waals surface area contributed by atoms with Crippen molar-refractivity contribution in [1.29, 1.82) is 0 Å². The Kier molecular flexibility index (Phi) is 7.37. The number of ether oxygens (including phenoxy) is 1. The molecule has 22 heavy (non-hydrogen) atoms. The molecule has 0 N–H and O–H groups in total. The van der Waals surface area contributed by atoms with Crippen LogP contribution in [0.3, 0.4) is 0 Å². The fourth-order valence-corrected chi connectivity index (χ4v) is 3.66. The zero-order chi connectivity index (χ0) is 16.8. The zero-order valence-electron chi connectivity index (χ0n) is 15.7. The van der Waals surface area contributed by atoms with E-state index in [1.165, 1.54) is 25.7 Å². The summed E-state index contributed by atoms with van der Waals surface area (Å²) in [5.74, 6) is -0.00311. The molecule has 1 aliphatic heterocycles. The number of piperidine rings is 1. The lowest BCUT2D eigenvalue weighted by Crippen LogP contribution is -2.60. The summed E-state index contributed by atoms with van der Waals surface area (Å²) in [6.07, 6.45) is 9.74. The van der Waals surface area contributed by atoms with Crippen LogP contribution in [-0.2, 0) is 9.53 Å². The summed E-state index contributed by atoms with van der Waals surface area (Å²) in [5, 5.41) is 0. The van der Waals surface area contributed by atoms with Gasteiger partial charge in [-0.3, -0.25) is 9.69 Å². The van der Waals surface area contributed by atoms with E-state index in [9.17, 15) is 4.79 Å². The standard InChI is InChI=1S/C19H37NO2/c1-7-8-9-10-11-12-13-17(21)22-16-14-18(2,3)20(6)19(4,5)15-16/h16H,7-15H2,1-6H3. The van der Waals surface area contributed by atoms with Gasteiger partial charge in [0.15, 0.2) is 0 Å². The third-order valence-electron chi connectivity index (χ3n) is 5.30. The van der Waals surface area contributed by atoms with Gasteiger partial charge in [-0.25, -0.2) is 0 Å². The van der Waals surface area contributed by atoms with Gasteiger partial charge in [0.25, 0.3) is 0 Å². The van der Waals surface area contributed by atoms with Crippen LogP contribution in [0.4, 0.5) is 0 Å². The van der Waals surface area contributed by atoms with Gasteiger partial charge >= 0.3 is 5.97 Å². The molecular weight excluding hydrogens is 274 g/mol. The smallest absolute Gasteiger partial charge is 0.306 e. The lowest BCUT2D eigenvalue weighted by Gasteiger charge is -2.53. The van der Waals surface area contributed by atoms with Crippen molar-refractivity contribution in [2.24, 2.45) is 0 Å². The second-order valence-corrected chi connectivity index (χ2v) is 8.22. The number of unbranched alkanes of at least 4 members (excludes halogenated alkanes) is 5. The minimum Gasteiger partial charge on any atom is -0.462 e. The molecule has 1 heterocycles. The average molecular weight is 312 g/mol. The summed E-state index contributed by atoms with van der Waals surface area (Å²) >= 11 is 0. The molecule has 3 nitrogen and oxygen atoms in total. The molecule has 130 valence electrons. The Labute approximate surface area is 137 Å². The van der Waals surface area contributed by atoms with E-state index in [0.717, 1.165) is 25.7 Å². The number of nitrogens with zero attached hydrogens (tertiary/aromatic N) is 1. The molecule has 0 aromatic rings. The summed E-state index contributed by atoms with van der Waals surface area (Å²) in [4.78, 5) is 14.5. The normalized spacial score (nSPS) is 21.7. The molecule has 1 saturated heterocycles. The van der Waals surface area contributed by atoms with Crippen LogP contribution in [0, 0.1) is 0 Å². The van der Waals surface area contributed by atoms with Crippen LogP contribution < -0.4 is 0 Å². The monoisotopic (exact) mass is 311 g/mol. The van der Waals surface area contributed by atoms with Crippen molar-refractivity contribution in [2.75, 3.05) is 7.05 Å². The fourth-order valence-electron chi connectivity index (χ4n) is 3.66. The van der Waals surface area contributed by atoms with Crippen LogP contribution >= 0.6 is 0 Å². The first-order valence-electron chi connectivity index (χ1n) is 9.12. The molecule has 0 atom stereocenters. The van der Waals surface area contributed by atoms with Crippen LogP contribution in [0.15, 0.2) is 0 Å². The minimum atomic E-state index is -0.00311. The third kappa shape index (κ3) is 5.91. The Morgan fingerprint density at radius 1 is 1.00 bits per heavy atom. The Balaban J connectivity index is 2.32. The van der Waals surface area contributed by atoms with E-state index >= 15 is 0 Å². The molecule has 0 amide bonds. The molecule has 1 fully saturated rings. The minimum absolute atomic E-state index is 0.00311. The van der Waals surface area contributed by atoms with Crippen LogP contribution in [0.1, 0.15) is 92.4 Å². The van der Waals surface area contributed by atoms with Gasteiger partial charge < -0.3 is 4.74 Å². The quantitative estimate of drug-likeness (QED) is 0.470. The van der Waals surface area contributed by atoms with E-state index in [-0.39, 0.29) is 23.2 Å². The number of likely N-dealkylation sites (tertiary alicyclic amines) is 1. The van der Waals surface area contributed by atoms with Crippen molar-refractivity contribution < 1.29 is 9.53 Å². The maximum absolute atomic E-state index is 12.1. The van der Waals surface area contributed by atoms with E-state index in [1.807, 2.05) is 0 Å². The van der Waals surface area contributed by atoms with Crippen molar-refractivity contribution in [3.8, 4) is 0 Å². The highest BCUT2D eigenvalue weighted by atomic mass is 16.5. The summed E-state index contributed by atoms with van der Waals surface area (Å²) in [7, 11) is 2.17. The van der Waals surface area contributed by atoms with Crippen molar-refractivity contribution in [1.82, 2.24) is 4.90 Å². The molecule has 0 saturated carbocycles. The van der Waals surface area contributed by atoms with Gasteiger partial charge in [-0.05, 0) is 41.2 Å². The van der Waals surface area contributed by atoms with Crippen LogP contribution in [0.2, 0.25) is 0 Å². The third-order valence-corrected chi connectivity index (χ3v) is 5.30. The molecule has 0 aromatic heterocycles. The number of hydrogen-bond acceptors (Lipinski definition) is 3. The van der Waals surface area contributed by atoms with Crippen LogP contribution in [0.5, 0.6) is 0 Å². The summed E-state index contributed by atoms with van der Waals surface area (Å²) < 4.78 is 5.77. The Morgan fingerprint density at radius 3 is 2.05 bits per heavy atom. The van der Waals surface area contributed by atoms with E-state index in [1.54, 1.807) is 0 Å². The highest BCUT2D eigenvalue weighted by Crippen LogP contribution is 2.38. The maximum atomic E-state index is 12.1. The van der Waals surface area contributed by atoms with Crippen LogP contribution in [0.25, 0.3) is 0 Å². The van der Waals surface area contributed by atoms with Crippen LogP contribution in [-0.4, -0.2) is 35.1 Å². The van der Waals surface area contributed by atoms with Gasteiger partial charge in [0.1, 0.15) is 6.10 Å². The zero-order valence-corrected chi connectivity index (χ0v) is 15.7. The van der Waals surface area contributed by atoms with Crippen molar-refractivity contribution in [2.45, 2.75) is 110 Å². The van der Waals surface area contributed by atoms with Crippen molar-refractivity contribution in [3.63, 3.8) is 0 Å². The molecule has 3 heteroatoms. The van der Waals surface area contributed by atoms with Gasteiger partial charge in [-0.15, -0.1) is 0 Å². The largest absolute Gasteiger partial charge is 0.462 e. The summed E-state index contributed by atoms with van der Waals surface area (Å²) in [6, 6.07) is 0. The number of carbonyl (C=O) groups excluding carboxylic acids is 1. The lowest BCUT2D eigenvalue weighted by atomic mass is 9.79. The first kappa shape index (κ1) is 19.5. The van der Waals surface area contributed by atoms with E-state index in [0.29, 0.717) is 6.42 Å². The maximum Gasteiger partial charge on any atom is 0.306 e. The highest BCUT2D eigenvalue weighted by molar-refractivity contribution is 5.69. The molecule has 1 rings (SSSR count). The molecule has 0 aromatic carbocycles. The molecule has 0 bridgehead atoms. The number of rotatable bonds is 8. The fraction of sp³-hybridized carbons (Fsp3) is 0.947. The molecule has 1 aliphatic rings. The topological polar surface area (TPSA) is 29.5 Å². The first-order chi connectivity index (χ1) is 10.2. The second-order valence-electron chi connectivity index (χ2n) is 8.22. The SMILES string of the molecule is CCCCCCCCC(=O)OC1CC(C)(C)N(C)C(C)(C)C1.